The van der Waals surface area contributed by atoms with Gasteiger partial charge in [-0.05, 0) is 19.4 Å². The molecule has 0 unspecified atom stereocenters. The number of thioether (sulfide) groups is 1. The summed E-state index contributed by atoms with van der Waals surface area (Å²) < 4.78 is -0.652. The third-order valence-electron chi connectivity index (χ3n) is 3.71. The van der Waals surface area contributed by atoms with Gasteiger partial charge < -0.3 is 15.7 Å². The van der Waals surface area contributed by atoms with Crippen molar-refractivity contribution < 1.29 is 19.5 Å². The minimum atomic E-state index is -1.08. The summed E-state index contributed by atoms with van der Waals surface area (Å²) in [7, 11) is 0. The Morgan fingerprint density at radius 3 is 2.61 bits per heavy atom. The largest absolute Gasteiger partial charge is 0.480 e. The van der Waals surface area contributed by atoms with Crippen LogP contribution in [-0.4, -0.2) is 45.5 Å². The van der Waals surface area contributed by atoms with E-state index in [1.807, 2.05) is 30.3 Å². The highest BCUT2D eigenvalue weighted by Crippen LogP contribution is 2.31. The van der Waals surface area contributed by atoms with Crippen LogP contribution in [0.1, 0.15) is 19.4 Å². The molecule has 23 heavy (non-hydrogen) atoms. The molecule has 0 radical (unpaired) electrons. The Morgan fingerprint density at radius 1 is 1.35 bits per heavy atom. The molecule has 0 saturated carbocycles. The highest BCUT2D eigenvalue weighted by molar-refractivity contribution is 8.00. The molecule has 0 bridgehead atoms. The average molecular weight is 336 g/mol. The number of nitrogens with one attached hydrogen (secondary N) is 2. The van der Waals surface area contributed by atoms with Crippen molar-refractivity contribution in [1.82, 2.24) is 10.6 Å². The zero-order valence-corrected chi connectivity index (χ0v) is 13.9. The molecule has 2 atom stereocenters. The summed E-state index contributed by atoms with van der Waals surface area (Å²) in [6.45, 7) is 3.54. The van der Waals surface area contributed by atoms with Crippen molar-refractivity contribution in [2.24, 2.45) is 0 Å². The van der Waals surface area contributed by atoms with Crippen LogP contribution in [0, 0.1) is 0 Å². The molecule has 0 aliphatic carbocycles. The molecule has 124 valence electrons. The Hall–Kier alpha value is -2.02. The zero-order valence-electron chi connectivity index (χ0n) is 13.0. The number of hydrogen-bond acceptors (Lipinski definition) is 4. The molecule has 0 aromatic heterocycles. The first kappa shape index (κ1) is 17.3. The van der Waals surface area contributed by atoms with Crippen molar-refractivity contribution in [3.05, 3.63) is 35.9 Å². The molecule has 1 aliphatic rings. The zero-order chi connectivity index (χ0) is 17.0. The van der Waals surface area contributed by atoms with E-state index in [9.17, 15) is 19.5 Å². The standard InChI is InChI=1S/C16H20N2O4S/c1-16(2)13(15(21)22)18-14(20)11(9-23-16)17-12(19)8-10-6-4-3-5-7-10/h3-7,11,13H,8-9H2,1-2H3,(H,17,19)(H,18,20)(H,21,22)/t11-,13-/m0/s1. The van der Waals surface area contributed by atoms with Gasteiger partial charge >= 0.3 is 5.97 Å². The van der Waals surface area contributed by atoms with Gasteiger partial charge in [0.2, 0.25) is 11.8 Å². The summed E-state index contributed by atoms with van der Waals surface area (Å²) in [5, 5.41) is 14.5. The second-order valence-electron chi connectivity index (χ2n) is 5.98. The van der Waals surface area contributed by atoms with Crippen LogP contribution in [0.5, 0.6) is 0 Å². The number of carboxylic acid groups (broad SMARTS) is 1. The van der Waals surface area contributed by atoms with Crippen molar-refractivity contribution in [2.45, 2.75) is 37.1 Å². The number of carboxylic acids is 1. The van der Waals surface area contributed by atoms with Crippen LogP contribution in [0.4, 0.5) is 0 Å². The van der Waals surface area contributed by atoms with E-state index in [0.717, 1.165) is 5.56 Å². The second-order valence-corrected chi connectivity index (χ2v) is 7.65. The fourth-order valence-corrected chi connectivity index (χ4v) is 3.52. The van der Waals surface area contributed by atoms with E-state index in [1.165, 1.54) is 11.8 Å². The maximum atomic E-state index is 12.2. The van der Waals surface area contributed by atoms with E-state index in [1.54, 1.807) is 13.8 Å². The first-order valence-corrected chi connectivity index (χ1v) is 8.28. The van der Waals surface area contributed by atoms with Crippen LogP contribution in [0.2, 0.25) is 0 Å². The summed E-state index contributed by atoms with van der Waals surface area (Å²) in [6.07, 6.45) is 0.182. The van der Waals surface area contributed by atoms with Crippen LogP contribution in [0.3, 0.4) is 0 Å². The predicted octanol–water partition coefficient (Wildman–Crippen LogP) is 0.809. The van der Waals surface area contributed by atoms with Crippen molar-refractivity contribution in [1.29, 1.82) is 0 Å². The number of aliphatic carboxylic acids is 1. The third kappa shape index (κ3) is 4.48. The molecule has 2 amide bonds. The van der Waals surface area contributed by atoms with Crippen LogP contribution >= 0.6 is 11.8 Å². The van der Waals surface area contributed by atoms with Gasteiger partial charge in [0.1, 0.15) is 12.1 Å². The van der Waals surface area contributed by atoms with Gasteiger partial charge in [-0.3, -0.25) is 9.59 Å². The van der Waals surface area contributed by atoms with Crippen molar-refractivity contribution in [3.63, 3.8) is 0 Å². The lowest BCUT2D eigenvalue weighted by Gasteiger charge is -2.28. The van der Waals surface area contributed by atoms with E-state index < -0.39 is 28.7 Å². The Kier molecular flexibility index (Phi) is 5.30. The van der Waals surface area contributed by atoms with Crippen molar-refractivity contribution in [2.75, 3.05) is 5.75 Å². The normalized spacial score (nSPS) is 23.5. The van der Waals surface area contributed by atoms with Crippen LogP contribution in [0.15, 0.2) is 30.3 Å². The number of benzene rings is 1. The fourth-order valence-electron chi connectivity index (χ4n) is 2.37. The molecule has 1 fully saturated rings. The Morgan fingerprint density at radius 2 is 2.00 bits per heavy atom. The Balaban J connectivity index is 2.02. The highest BCUT2D eigenvalue weighted by atomic mass is 32.2. The Bertz CT molecular complexity index is 603. The maximum absolute atomic E-state index is 12.2. The molecule has 1 aromatic carbocycles. The van der Waals surface area contributed by atoms with E-state index in [4.69, 9.17) is 0 Å². The number of amides is 2. The van der Waals surface area contributed by atoms with Gasteiger partial charge in [0.25, 0.3) is 0 Å². The van der Waals surface area contributed by atoms with Crippen LogP contribution < -0.4 is 10.6 Å². The summed E-state index contributed by atoms with van der Waals surface area (Å²) in [5.41, 5.74) is 0.857. The fraction of sp³-hybridized carbons (Fsp3) is 0.438. The minimum absolute atomic E-state index is 0.182. The van der Waals surface area contributed by atoms with Gasteiger partial charge in [-0.15, -0.1) is 0 Å². The monoisotopic (exact) mass is 336 g/mol. The molecule has 7 heteroatoms. The molecule has 2 rings (SSSR count). The summed E-state index contributed by atoms with van der Waals surface area (Å²) >= 11 is 1.36. The Labute approximate surface area is 139 Å². The average Bonchev–Trinajstić information content (AvgIpc) is 2.59. The highest BCUT2D eigenvalue weighted by Gasteiger charge is 2.42. The van der Waals surface area contributed by atoms with Crippen LogP contribution in [0.25, 0.3) is 0 Å². The molecule has 1 saturated heterocycles. The van der Waals surface area contributed by atoms with E-state index >= 15 is 0 Å². The van der Waals surface area contributed by atoms with Gasteiger partial charge in [-0.25, -0.2) is 4.79 Å². The van der Waals surface area contributed by atoms with E-state index in [2.05, 4.69) is 10.6 Å². The SMILES string of the molecule is CC1(C)SC[C@H](NC(=O)Cc2ccccc2)C(=O)N[C@H]1C(=O)O. The quantitative estimate of drug-likeness (QED) is 0.756. The van der Waals surface area contributed by atoms with Crippen molar-refractivity contribution >= 4 is 29.5 Å². The summed E-state index contributed by atoms with van der Waals surface area (Å²) in [5.74, 6) is -1.46. The molecule has 6 nitrogen and oxygen atoms in total. The van der Waals surface area contributed by atoms with Gasteiger partial charge in [0.15, 0.2) is 0 Å². The molecular weight excluding hydrogens is 316 g/mol. The number of rotatable bonds is 4. The number of hydrogen-bond donors (Lipinski definition) is 3. The third-order valence-corrected chi connectivity index (χ3v) is 5.19. The molecule has 3 N–H and O–H groups in total. The second kappa shape index (κ2) is 7.04. The molecule has 0 spiro atoms. The lowest BCUT2D eigenvalue weighted by molar-refractivity contribution is -0.142. The first-order chi connectivity index (χ1) is 10.8. The number of carbonyl (C=O) groups is 3. The van der Waals surface area contributed by atoms with Gasteiger partial charge in [-0.1, -0.05) is 30.3 Å². The smallest absolute Gasteiger partial charge is 0.327 e. The predicted molar refractivity (Wildman–Crippen MR) is 88.2 cm³/mol. The molecule has 1 heterocycles. The van der Waals surface area contributed by atoms with Gasteiger partial charge in [-0.2, -0.15) is 11.8 Å². The van der Waals surface area contributed by atoms with E-state index in [-0.39, 0.29) is 12.3 Å². The van der Waals surface area contributed by atoms with Crippen LogP contribution in [-0.2, 0) is 20.8 Å². The molecule has 1 aromatic rings. The van der Waals surface area contributed by atoms with E-state index in [0.29, 0.717) is 5.75 Å². The maximum Gasteiger partial charge on any atom is 0.327 e. The first-order valence-electron chi connectivity index (χ1n) is 7.30. The van der Waals surface area contributed by atoms with Gasteiger partial charge in [0.05, 0.1) is 6.42 Å². The number of carbonyl (C=O) groups excluding carboxylic acids is 2. The molecule has 1 aliphatic heterocycles. The lowest BCUT2D eigenvalue weighted by Crippen LogP contribution is -2.54. The lowest BCUT2D eigenvalue weighted by atomic mass is 10.0. The van der Waals surface area contributed by atoms with Gasteiger partial charge in [0, 0.05) is 10.5 Å². The van der Waals surface area contributed by atoms with Crippen molar-refractivity contribution in [3.8, 4) is 0 Å². The summed E-state index contributed by atoms with van der Waals surface area (Å²) in [4.78, 5) is 35.6. The summed E-state index contributed by atoms with van der Waals surface area (Å²) in [6, 6.07) is 7.50. The minimum Gasteiger partial charge on any atom is -0.480 e. The topological polar surface area (TPSA) is 95.5 Å². The molecular formula is C16H20N2O4S.